The van der Waals surface area contributed by atoms with Crippen LogP contribution in [0.25, 0.3) is 0 Å². The highest BCUT2D eigenvalue weighted by Crippen LogP contribution is 2.31. The Labute approximate surface area is 82.0 Å². The van der Waals surface area contributed by atoms with Crippen molar-refractivity contribution in [2.45, 2.75) is 32.6 Å². The lowest BCUT2D eigenvalue weighted by Crippen LogP contribution is -2.27. The summed E-state index contributed by atoms with van der Waals surface area (Å²) in [7, 11) is 1.75. The molecule has 1 rings (SSSR count). The second kappa shape index (κ2) is 6.39. The number of rotatable bonds is 7. The highest BCUT2D eigenvalue weighted by molar-refractivity contribution is 4.72. The van der Waals surface area contributed by atoms with Gasteiger partial charge in [0.1, 0.15) is 0 Å². The second-order valence-electron chi connectivity index (χ2n) is 4.33. The van der Waals surface area contributed by atoms with E-state index in [2.05, 4.69) is 12.2 Å². The van der Waals surface area contributed by atoms with Gasteiger partial charge in [-0.25, -0.2) is 0 Å². The van der Waals surface area contributed by atoms with Crippen molar-refractivity contribution >= 4 is 0 Å². The van der Waals surface area contributed by atoms with Crippen LogP contribution in [0.3, 0.4) is 0 Å². The van der Waals surface area contributed by atoms with E-state index in [4.69, 9.17) is 4.74 Å². The summed E-state index contributed by atoms with van der Waals surface area (Å²) in [5, 5.41) is 3.41. The molecule has 1 unspecified atom stereocenters. The van der Waals surface area contributed by atoms with Crippen molar-refractivity contribution in [2.24, 2.45) is 11.8 Å². The molecule has 1 aliphatic rings. The van der Waals surface area contributed by atoms with Gasteiger partial charge in [0.2, 0.25) is 0 Å². The summed E-state index contributed by atoms with van der Waals surface area (Å²) in [6.45, 7) is 5.32. The lowest BCUT2D eigenvalue weighted by molar-refractivity contribution is 0.195. The molecule has 2 nitrogen and oxygen atoms in total. The first kappa shape index (κ1) is 11.0. The van der Waals surface area contributed by atoms with Gasteiger partial charge in [0.25, 0.3) is 0 Å². The monoisotopic (exact) mass is 185 g/mol. The predicted molar refractivity (Wildman–Crippen MR) is 55.9 cm³/mol. The molecule has 1 N–H and O–H groups in total. The Bertz CT molecular complexity index is 123. The van der Waals surface area contributed by atoms with E-state index in [1.54, 1.807) is 7.11 Å². The van der Waals surface area contributed by atoms with Crippen LogP contribution in [0.15, 0.2) is 0 Å². The lowest BCUT2D eigenvalue weighted by Gasteiger charge is -2.28. The third kappa shape index (κ3) is 4.63. The van der Waals surface area contributed by atoms with Crippen LogP contribution in [0, 0.1) is 11.8 Å². The zero-order valence-corrected chi connectivity index (χ0v) is 9.01. The molecule has 0 radical (unpaired) electrons. The van der Waals surface area contributed by atoms with Crippen LogP contribution in [0.2, 0.25) is 0 Å². The molecule has 1 fully saturated rings. The third-order valence-corrected chi connectivity index (χ3v) is 2.94. The summed E-state index contributed by atoms with van der Waals surface area (Å²) in [4.78, 5) is 0. The molecule has 1 saturated carbocycles. The van der Waals surface area contributed by atoms with Gasteiger partial charge in [-0.15, -0.1) is 0 Å². The smallest absolute Gasteiger partial charge is 0.0587 e. The maximum absolute atomic E-state index is 4.97. The normalized spacial score (nSPS) is 19.8. The Morgan fingerprint density at radius 3 is 2.77 bits per heavy atom. The zero-order chi connectivity index (χ0) is 9.52. The highest BCUT2D eigenvalue weighted by atomic mass is 16.5. The molecule has 0 spiro atoms. The van der Waals surface area contributed by atoms with Crippen molar-refractivity contribution < 1.29 is 4.74 Å². The van der Waals surface area contributed by atoms with Crippen LogP contribution in [0.1, 0.15) is 32.6 Å². The fraction of sp³-hybridized carbons (Fsp3) is 1.00. The van der Waals surface area contributed by atoms with Gasteiger partial charge < -0.3 is 10.1 Å². The van der Waals surface area contributed by atoms with Crippen LogP contribution < -0.4 is 5.32 Å². The maximum atomic E-state index is 4.97. The van der Waals surface area contributed by atoms with Crippen LogP contribution in [0.4, 0.5) is 0 Å². The Hall–Kier alpha value is -0.0800. The van der Waals surface area contributed by atoms with E-state index in [1.807, 2.05) is 0 Å². The largest absolute Gasteiger partial charge is 0.383 e. The third-order valence-electron chi connectivity index (χ3n) is 2.94. The number of hydrogen-bond donors (Lipinski definition) is 1. The van der Waals surface area contributed by atoms with E-state index in [9.17, 15) is 0 Å². The Morgan fingerprint density at radius 1 is 1.46 bits per heavy atom. The van der Waals surface area contributed by atoms with Crippen molar-refractivity contribution in [3.63, 3.8) is 0 Å². The molecule has 1 atom stereocenters. The lowest BCUT2D eigenvalue weighted by atomic mass is 9.79. The van der Waals surface area contributed by atoms with Crippen molar-refractivity contribution in [3.05, 3.63) is 0 Å². The number of methoxy groups -OCH3 is 1. The number of hydrogen-bond acceptors (Lipinski definition) is 2. The summed E-state index contributed by atoms with van der Waals surface area (Å²) in [6.07, 6.45) is 5.83. The molecule has 0 aliphatic heterocycles. The second-order valence-corrected chi connectivity index (χ2v) is 4.33. The molecular weight excluding hydrogens is 162 g/mol. The standard InChI is InChI=1S/C11H23NO/c1-10(8-11-4-3-5-11)9-12-6-7-13-2/h10-12H,3-9H2,1-2H3. The quantitative estimate of drug-likeness (QED) is 0.613. The van der Waals surface area contributed by atoms with Crippen LogP contribution >= 0.6 is 0 Å². The van der Waals surface area contributed by atoms with E-state index < -0.39 is 0 Å². The fourth-order valence-corrected chi connectivity index (χ4v) is 1.90. The topological polar surface area (TPSA) is 21.3 Å². The van der Waals surface area contributed by atoms with Gasteiger partial charge >= 0.3 is 0 Å². The number of ether oxygens (including phenoxy) is 1. The highest BCUT2D eigenvalue weighted by Gasteiger charge is 2.19. The molecule has 0 amide bonds. The van der Waals surface area contributed by atoms with Crippen LogP contribution in [-0.4, -0.2) is 26.8 Å². The fourth-order valence-electron chi connectivity index (χ4n) is 1.90. The minimum atomic E-state index is 0.830. The molecule has 0 heterocycles. The summed E-state index contributed by atoms with van der Waals surface area (Å²) < 4.78 is 4.97. The Morgan fingerprint density at radius 2 is 2.23 bits per heavy atom. The SMILES string of the molecule is COCCNCC(C)CC1CCC1. The first-order valence-electron chi connectivity index (χ1n) is 5.52. The molecule has 0 bridgehead atoms. The molecular formula is C11H23NO. The van der Waals surface area contributed by atoms with E-state index in [0.29, 0.717) is 0 Å². The van der Waals surface area contributed by atoms with Crippen molar-refractivity contribution in [1.82, 2.24) is 5.32 Å². The predicted octanol–water partition coefficient (Wildman–Crippen LogP) is 2.05. The molecule has 0 aromatic heterocycles. The van der Waals surface area contributed by atoms with Gasteiger partial charge in [0, 0.05) is 13.7 Å². The van der Waals surface area contributed by atoms with Crippen molar-refractivity contribution in [3.8, 4) is 0 Å². The van der Waals surface area contributed by atoms with Gasteiger partial charge in [-0.1, -0.05) is 26.2 Å². The first-order chi connectivity index (χ1) is 6.33. The van der Waals surface area contributed by atoms with E-state index in [-0.39, 0.29) is 0 Å². The van der Waals surface area contributed by atoms with E-state index in [0.717, 1.165) is 31.5 Å². The first-order valence-corrected chi connectivity index (χ1v) is 5.52. The van der Waals surface area contributed by atoms with Gasteiger partial charge in [-0.3, -0.25) is 0 Å². The summed E-state index contributed by atoms with van der Waals surface area (Å²) in [6, 6.07) is 0. The van der Waals surface area contributed by atoms with E-state index >= 15 is 0 Å². The minimum Gasteiger partial charge on any atom is -0.383 e. The number of nitrogens with one attached hydrogen (secondary N) is 1. The molecule has 2 heteroatoms. The molecule has 0 aromatic rings. The average molecular weight is 185 g/mol. The Balaban J connectivity index is 1.87. The van der Waals surface area contributed by atoms with Crippen LogP contribution in [0.5, 0.6) is 0 Å². The molecule has 1 aliphatic carbocycles. The van der Waals surface area contributed by atoms with E-state index in [1.165, 1.54) is 25.7 Å². The molecule has 0 aromatic carbocycles. The summed E-state index contributed by atoms with van der Waals surface area (Å²) >= 11 is 0. The van der Waals surface area contributed by atoms with Gasteiger partial charge in [0.15, 0.2) is 0 Å². The minimum absolute atomic E-state index is 0.830. The summed E-state index contributed by atoms with van der Waals surface area (Å²) in [5.41, 5.74) is 0. The van der Waals surface area contributed by atoms with Gasteiger partial charge in [-0.2, -0.15) is 0 Å². The molecule has 78 valence electrons. The Kier molecular flexibility index (Phi) is 5.40. The molecule has 13 heavy (non-hydrogen) atoms. The van der Waals surface area contributed by atoms with Crippen molar-refractivity contribution in [1.29, 1.82) is 0 Å². The zero-order valence-electron chi connectivity index (χ0n) is 9.01. The summed E-state index contributed by atoms with van der Waals surface area (Å²) in [5.74, 6) is 1.88. The van der Waals surface area contributed by atoms with Gasteiger partial charge in [-0.05, 0) is 24.8 Å². The van der Waals surface area contributed by atoms with Gasteiger partial charge in [0.05, 0.1) is 6.61 Å². The van der Waals surface area contributed by atoms with Crippen LogP contribution in [-0.2, 0) is 4.74 Å². The maximum Gasteiger partial charge on any atom is 0.0587 e. The molecule has 0 saturated heterocycles. The average Bonchev–Trinajstić information content (AvgIpc) is 2.06. The van der Waals surface area contributed by atoms with Crippen molar-refractivity contribution in [2.75, 3.05) is 26.8 Å².